The fraction of sp³-hybridized carbons (Fsp3) is 0.727. The molecule has 0 amide bonds. The number of hydrogen-bond donors (Lipinski definition) is 1. The Morgan fingerprint density at radius 2 is 1.44 bits per heavy atom. The summed E-state index contributed by atoms with van der Waals surface area (Å²) in [6.45, 7) is 13.0. The number of rotatable bonds is 3. The summed E-state index contributed by atoms with van der Waals surface area (Å²) in [7, 11) is 2.19. The number of hydrogen-bond acceptors (Lipinski definition) is 5. The van der Waals surface area contributed by atoms with Gasteiger partial charge in [-0.3, -0.25) is 9.80 Å². The summed E-state index contributed by atoms with van der Waals surface area (Å²) < 4.78 is 0. The van der Waals surface area contributed by atoms with Crippen LogP contribution >= 0.6 is 0 Å². The van der Waals surface area contributed by atoms with Crippen molar-refractivity contribution in [2.75, 3.05) is 64.3 Å². The van der Waals surface area contributed by atoms with Crippen molar-refractivity contribution in [1.82, 2.24) is 14.7 Å². The highest BCUT2D eigenvalue weighted by atomic mass is 16.3. The predicted molar refractivity (Wildman–Crippen MR) is 112 cm³/mol. The molecule has 3 aliphatic heterocycles. The van der Waals surface area contributed by atoms with Crippen molar-refractivity contribution in [3.05, 3.63) is 29.3 Å². The minimum atomic E-state index is -0.189. The van der Waals surface area contributed by atoms with Crippen LogP contribution in [-0.2, 0) is 0 Å². The normalized spacial score (nSPS) is 29.6. The van der Waals surface area contributed by atoms with Crippen LogP contribution in [0.25, 0.3) is 0 Å². The number of anilines is 1. The summed E-state index contributed by atoms with van der Waals surface area (Å²) in [6.07, 6.45) is 2.22. The number of aryl methyl sites for hydroxylation is 2. The molecule has 0 aromatic heterocycles. The van der Waals surface area contributed by atoms with Gasteiger partial charge in [0.15, 0.2) is 0 Å². The van der Waals surface area contributed by atoms with Crippen LogP contribution in [0.1, 0.15) is 24.0 Å². The number of piperidine rings is 1. The van der Waals surface area contributed by atoms with E-state index in [1.807, 2.05) is 0 Å². The molecular formula is C22H36N4O. The molecule has 1 N–H and O–H groups in total. The first kappa shape index (κ1) is 19.2. The second kappa shape index (κ2) is 8.08. The maximum atomic E-state index is 10.7. The highest BCUT2D eigenvalue weighted by molar-refractivity contribution is 5.51. The van der Waals surface area contributed by atoms with Gasteiger partial charge >= 0.3 is 0 Å². The number of likely N-dealkylation sites (tertiary alicyclic amines) is 1. The number of β-amino-alcohol motifs (C(OH)–C–C–N with tert-alkyl or cyclic N) is 1. The molecule has 1 aromatic rings. The first-order chi connectivity index (χ1) is 13.0. The molecule has 1 aromatic carbocycles. The lowest BCUT2D eigenvalue weighted by Gasteiger charge is -2.39. The van der Waals surface area contributed by atoms with E-state index in [1.165, 1.54) is 29.7 Å². The third kappa shape index (κ3) is 4.32. The van der Waals surface area contributed by atoms with Crippen LogP contribution in [0.5, 0.6) is 0 Å². The smallest absolute Gasteiger partial charge is 0.0834 e. The molecular weight excluding hydrogens is 336 g/mol. The second-order valence-electron chi connectivity index (χ2n) is 8.99. The van der Waals surface area contributed by atoms with Crippen molar-refractivity contribution in [1.29, 1.82) is 0 Å². The Labute approximate surface area is 164 Å². The van der Waals surface area contributed by atoms with Crippen LogP contribution in [0.15, 0.2) is 18.2 Å². The third-order valence-corrected chi connectivity index (χ3v) is 6.85. The van der Waals surface area contributed by atoms with Crippen molar-refractivity contribution in [2.24, 2.45) is 0 Å². The Morgan fingerprint density at radius 1 is 0.815 bits per heavy atom. The minimum Gasteiger partial charge on any atom is -0.390 e. The van der Waals surface area contributed by atoms with Crippen LogP contribution in [0.2, 0.25) is 0 Å². The van der Waals surface area contributed by atoms with Gasteiger partial charge in [-0.2, -0.15) is 0 Å². The maximum Gasteiger partial charge on any atom is 0.0834 e. The van der Waals surface area contributed by atoms with Gasteiger partial charge in [0.25, 0.3) is 0 Å². The van der Waals surface area contributed by atoms with E-state index in [0.717, 1.165) is 52.4 Å². The molecule has 0 bridgehead atoms. The van der Waals surface area contributed by atoms with E-state index in [9.17, 15) is 5.11 Å². The van der Waals surface area contributed by atoms with Gasteiger partial charge < -0.3 is 14.9 Å². The topological polar surface area (TPSA) is 33.2 Å². The average molecular weight is 373 g/mol. The molecule has 4 rings (SSSR count). The molecule has 3 fully saturated rings. The van der Waals surface area contributed by atoms with Crippen LogP contribution in [0, 0.1) is 13.8 Å². The van der Waals surface area contributed by atoms with E-state index in [2.05, 4.69) is 58.7 Å². The molecule has 150 valence electrons. The Kier molecular flexibility index (Phi) is 5.74. The highest BCUT2D eigenvalue weighted by Gasteiger charge is 2.39. The molecule has 0 unspecified atom stereocenters. The van der Waals surface area contributed by atoms with Gasteiger partial charge in [-0.1, -0.05) is 6.07 Å². The molecule has 5 nitrogen and oxygen atoms in total. The van der Waals surface area contributed by atoms with E-state index >= 15 is 0 Å². The van der Waals surface area contributed by atoms with Crippen LogP contribution in [0.4, 0.5) is 5.69 Å². The predicted octanol–water partition coefficient (Wildman–Crippen LogP) is 1.56. The van der Waals surface area contributed by atoms with Crippen molar-refractivity contribution < 1.29 is 5.11 Å². The van der Waals surface area contributed by atoms with Crippen LogP contribution < -0.4 is 4.90 Å². The van der Waals surface area contributed by atoms with E-state index in [4.69, 9.17) is 0 Å². The molecule has 3 heterocycles. The van der Waals surface area contributed by atoms with E-state index in [0.29, 0.717) is 12.1 Å². The standard InChI is InChI=1S/C22H36N4O/c1-17-12-18(2)14-20(13-17)24-6-4-19(5-7-24)26-15-21(22(27)16-26)25-10-8-23(3)9-11-25/h12-14,19,21-22,27H,4-11,15-16H2,1-3H3/t21-,22-/m1/s1. The molecule has 0 spiro atoms. The van der Waals surface area contributed by atoms with Gasteiger partial charge in [0, 0.05) is 70.1 Å². The van der Waals surface area contributed by atoms with E-state index in [1.54, 1.807) is 0 Å². The Morgan fingerprint density at radius 3 is 2.07 bits per heavy atom. The lowest BCUT2D eigenvalue weighted by Crippen LogP contribution is -2.53. The zero-order valence-corrected chi connectivity index (χ0v) is 17.3. The maximum absolute atomic E-state index is 10.7. The number of likely N-dealkylation sites (N-methyl/N-ethyl adjacent to an activating group) is 1. The van der Waals surface area contributed by atoms with Crippen molar-refractivity contribution >= 4 is 5.69 Å². The SMILES string of the molecule is Cc1cc(C)cc(N2CCC(N3C[C@@H](O)[C@H](N4CCN(C)CC4)C3)CC2)c1. The first-order valence-corrected chi connectivity index (χ1v) is 10.7. The zero-order valence-electron chi connectivity index (χ0n) is 17.3. The average Bonchev–Trinajstić information content (AvgIpc) is 3.03. The summed E-state index contributed by atoms with van der Waals surface area (Å²) in [6, 6.07) is 7.84. The zero-order chi connectivity index (χ0) is 19.0. The lowest BCUT2D eigenvalue weighted by molar-refractivity contribution is 0.0512. The van der Waals surface area contributed by atoms with Gasteiger partial charge in [-0.05, 0) is 57.0 Å². The number of piperazine rings is 1. The molecule has 3 aliphatic rings. The van der Waals surface area contributed by atoms with E-state index in [-0.39, 0.29) is 6.10 Å². The van der Waals surface area contributed by atoms with E-state index < -0.39 is 0 Å². The quantitative estimate of drug-likeness (QED) is 0.871. The second-order valence-corrected chi connectivity index (χ2v) is 8.99. The van der Waals surface area contributed by atoms with Crippen LogP contribution in [0.3, 0.4) is 0 Å². The summed E-state index contributed by atoms with van der Waals surface area (Å²) in [5.41, 5.74) is 4.08. The first-order valence-electron chi connectivity index (χ1n) is 10.7. The van der Waals surface area contributed by atoms with Gasteiger partial charge in [0.1, 0.15) is 0 Å². The Hall–Kier alpha value is -1.14. The van der Waals surface area contributed by atoms with Gasteiger partial charge in [0.05, 0.1) is 6.10 Å². The summed E-state index contributed by atoms with van der Waals surface area (Å²) >= 11 is 0. The van der Waals surface area contributed by atoms with Crippen LogP contribution in [-0.4, -0.2) is 97.4 Å². The number of nitrogens with zero attached hydrogens (tertiary/aromatic N) is 4. The molecule has 2 atom stereocenters. The minimum absolute atomic E-state index is 0.189. The fourth-order valence-electron chi connectivity index (χ4n) is 5.23. The molecule has 27 heavy (non-hydrogen) atoms. The molecule has 0 saturated carbocycles. The van der Waals surface area contributed by atoms with Crippen molar-refractivity contribution in [3.63, 3.8) is 0 Å². The largest absolute Gasteiger partial charge is 0.390 e. The third-order valence-electron chi connectivity index (χ3n) is 6.85. The van der Waals surface area contributed by atoms with Gasteiger partial charge in [0.2, 0.25) is 0 Å². The molecule has 0 radical (unpaired) electrons. The number of benzene rings is 1. The monoisotopic (exact) mass is 372 g/mol. The fourth-order valence-corrected chi connectivity index (χ4v) is 5.23. The van der Waals surface area contributed by atoms with Gasteiger partial charge in [-0.15, -0.1) is 0 Å². The summed E-state index contributed by atoms with van der Waals surface area (Å²) in [5.74, 6) is 0. The van der Waals surface area contributed by atoms with Crippen molar-refractivity contribution in [3.8, 4) is 0 Å². The molecule has 3 saturated heterocycles. The highest BCUT2D eigenvalue weighted by Crippen LogP contribution is 2.28. The number of aliphatic hydroxyl groups excluding tert-OH is 1. The Bertz CT molecular complexity index is 615. The molecule has 0 aliphatic carbocycles. The summed E-state index contributed by atoms with van der Waals surface area (Å²) in [4.78, 5) is 10.0. The van der Waals surface area contributed by atoms with Crippen molar-refractivity contribution in [2.45, 2.75) is 44.9 Å². The number of aliphatic hydroxyl groups is 1. The molecule has 5 heteroatoms. The van der Waals surface area contributed by atoms with Gasteiger partial charge in [-0.25, -0.2) is 0 Å². The lowest BCUT2D eigenvalue weighted by atomic mass is 10.0. The Balaban J connectivity index is 1.32. The summed E-state index contributed by atoms with van der Waals surface area (Å²) in [5, 5.41) is 10.7.